The molecular formula is C24H25N5O3. The molecule has 1 fully saturated rings. The highest BCUT2D eigenvalue weighted by molar-refractivity contribution is 6.10. The Hall–Kier alpha value is -3.68. The van der Waals surface area contributed by atoms with E-state index in [1.165, 1.54) is 0 Å². The number of anilines is 1. The van der Waals surface area contributed by atoms with Crippen molar-refractivity contribution in [2.24, 2.45) is 7.05 Å². The molecule has 2 aliphatic heterocycles. The monoisotopic (exact) mass is 431 g/mol. The second kappa shape index (κ2) is 8.11. The zero-order chi connectivity index (χ0) is 22.2. The van der Waals surface area contributed by atoms with E-state index in [4.69, 9.17) is 4.98 Å². The van der Waals surface area contributed by atoms with Crippen LogP contribution >= 0.6 is 0 Å². The maximum absolute atomic E-state index is 13.4. The number of aromatic nitrogens is 2. The fourth-order valence-corrected chi connectivity index (χ4v) is 4.71. The first kappa shape index (κ1) is 20.2. The maximum atomic E-state index is 13.4. The largest absolute Gasteiger partial charge is 0.340 e. The van der Waals surface area contributed by atoms with Crippen molar-refractivity contribution in [2.45, 2.75) is 37.8 Å². The number of rotatable bonds is 3. The number of benzene rings is 2. The number of carbonyl (C=O) groups is 3. The number of para-hydroxylation sites is 3. The summed E-state index contributed by atoms with van der Waals surface area (Å²) in [4.78, 5) is 45.4. The standard InChI is InChI=1S/C24H25N5O3/c1-28-19-11-5-4-10-17(19)25-22(28)20-12-6-7-13-29(20)21(30)14-18-24(32)26-16-9-3-2-8-15(16)23(31)27-18/h2-5,8-11,18,20H,6-7,12-14H2,1H3,(H,26,32)(H,27,31). The molecule has 0 radical (unpaired) electrons. The summed E-state index contributed by atoms with van der Waals surface area (Å²) in [5.74, 6) is -0.0515. The van der Waals surface area contributed by atoms with Gasteiger partial charge in [0, 0.05) is 13.6 Å². The van der Waals surface area contributed by atoms with E-state index < -0.39 is 6.04 Å². The molecule has 3 amide bonds. The minimum absolute atomic E-state index is 0.0913. The van der Waals surface area contributed by atoms with Crippen molar-refractivity contribution in [2.75, 3.05) is 11.9 Å². The lowest BCUT2D eigenvalue weighted by molar-refractivity contribution is -0.137. The molecule has 5 rings (SSSR count). The summed E-state index contributed by atoms with van der Waals surface area (Å²) in [6.07, 6.45) is 2.64. The quantitative estimate of drug-likeness (QED) is 0.667. The van der Waals surface area contributed by atoms with Gasteiger partial charge in [0.2, 0.25) is 11.8 Å². The van der Waals surface area contributed by atoms with Crippen molar-refractivity contribution >= 4 is 34.4 Å². The molecule has 2 aromatic carbocycles. The van der Waals surface area contributed by atoms with E-state index in [9.17, 15) is 14.4 Å². The van der Waals surface area contributed by atoms with Crippen LogP contribution in [0.5, 0.6) is 0 Å². The molecule has 8 heteroatoms. The second-order valence-corrected chi connectivity index (χ2v) is 8.38. The molecule has 8 nitrogen and oxygen atoms in total. The van der Waals surface area contributed by atoms with Crippen molar-refractivity contribution in [1.82, 2.24) is 19.8 Å². The van der Waals surface area contributed by atoms with Gasteiger partial charge < -0.3 is 20.1 Å². The molecule has 2 unspecified atom stereocenters. The Bertz CT molecular complexity index is 1220. The van der Waals surface area contributed by atoms with Gasteiger partial charge in [-0.2, -0.15) is 0 Å². The number of nitrogens with one attached hydrogen (secondary N) is 2. The van der Waals surface area contributed by atoms with Crippen LogP contribution in [0.2, 0.25) is 0 Å². The zero-order valence-electron chi connectivity index (χ0n) is 17.9. The summed E-state index contributed by atoms with van der Waals surface area (Å²) in [6.45, 7) is 0.606. The van der Waals surface area contributed by atoms with E-state index in [0.29, 0.717) is 17.8 Å². The number of likely N-dealkylation sites (tertiary alicyclic amines) is 1. The number of fused-ring (bicyclic) bond motifs is 2. The molecule has 3 aromatic rings. The lowest BCUT2D eigenvalue weighted by Crippen LogP contribution is -2.47. The van der Waals surface area contributed by atoms with Crippen LogP contribution < -0.4 is 10.6 Å². The molecule has 2 N–H and O–H groups in total. The molecule has 1 aromatic heterocycles. The first-order valence-electron chi connectivity index (χ1n) is 10.9. The van der Waals surface area contributed by atoms with Gasteiger partial charge in [0.15, 0.2) is 0 Å². The van der Waals surface area contributed by atoms with Gasteiger partial charge in [-0.25, -0.2) is 4.98 Å². The first-order chi connectivity index (χ1) is 15.5. The molecule has 164 valence electrons. The van der Waals surface area contributed by atoms with Crippen LogP contribution in [-0.2, 0) is 16.6 Å². The highest BCUT2D eigenvalue weighted by Crippen LogP contribution is 2.33. The molecule has 0 aliphatic carbocycles. The Morgan fingerprint density at radius 1 is 1.09 bits per heavy atom. The van der Waals surface area contributed by atoms with Crippen molar-refractivity contribution < 1.29 is 14.4 Å². The normalized spacial score (nSPS) is 21.0. The molecule has 3 heterocycles. The molecule has 0 bridgehead atoms. The number of hydrogen-bond donors (Lipinski definition) is 2. The molecule has 0 spiro atoms. The molecular weight excluding hydrogens is 406 g/mol. The van der Waals surface area contributed by atoms with Gasteiger partial charge in [-0.15, -0.1) is 0 Å². The zero-order valence-corrected chi connectivity index (χ0v) is 17.9. The number of nitrogens with zero attached hydrogens (tertiary/aromatic N) is 3. The van der Waals surface area contributed by atoms with E-state index >= 15 is 0 Å². The summed E-state index contributed by atoms with van der Waals surface area (Å²) in [6, 6.07) is 13.7. The summed E-state index contributed by atoms with van der Waals surface area (Å²) in [5, 5.41) is 5.49. The average molecular weight is 431 g/mol. The van der Waals surface area contributed by atoms with E-state index in [2.05, 4.69) is 10.6 Å². The summed E-state index contributed by atoms with van der Waals surface area (Å²) in [5.41, 5.74) is 2.77. The average Bonchev–Trinajstić information content (AvgIpc) is 3.09. The van der Waals surface area contributed by atoms with Gasteiger partial charge in [-0.3, -0.25) is 14.4 Å². The number of aryl methyl sites for hydroxylation is 1. The molecule has 2 atom stereocenters. The van der Waals surface area contributed by atoms with Gasteiger partial charge in [-0.1, -0.05) is 24.3 Å². The number of carbonyl (C=O) groups excluding carboxylic acids is 3. The number of piperidine rings is 1. The summed E-state index contributed by atoms with van der Waals surface area (Å²) in [7, 11) is 1.97. The van der Waals surface area contributed by atoms with Crippen molar-refractivity contribution in [3.63, 3.8) is 0 Å². The first-order valence-corrected chi connectivity index (χ1v) is 10.9. The third kappa shape index (κ3) is 3.51. The number of hydrogen-bond acceptors (Lipinski definition) is 4. The molecule has 0 saturated carbocycles. The number of imidazole rings is 1. The highest BCUT2D eigenvalue weighted by Gasteiger charge is 2.35. The van der Waals surface area contributed by atoms with Gasteiger partial charge in [0.25, 0.3) is 5.91 Å². The van der Waals surface area contributed by atoms with Crippen molar-refractivity contribution in [1.29, 1.82) is 0 Å². The number of amides is 3. The van der Waals surface area contributed by atoms with Crippen LogP contribution in [-0.4, -0.2) is 44.8 Å². The van der Waals surface area contributed by atoms with Crippen LogP contribution in [0.15, 0.2) is 48.5 Å². The fourth-order valence-electron chi connectivity index (χ4n) is 4.71. The Morgan fingerprint density at radius 2 is 1.88 bits per heavy atom. The maximum Gasteiger partial charge on any atom is 0.254 e. The Labute approximate surface area is 185 Å². The van der Waals surface area contributed by atoms with Gasteiger partial charge >= 0.3 is 0 Å². The smallest absolute Gasteiger partial charge is 0.254 e. The predicted octanol–water partition coefficient (Wildman–Crippen LogP) is 2.77. The van der Waals surface area contributed by atoms with E-state index in [-0.39, 0.29) is 30.2 Å². The molecule has 32 heavy (non-hydrogen) atoms. The topological polar surface area (TPSA) is 96.3 Å². The van der Waals surface area contributed by atoms with E-state index in [1.807, 2.05) is 40.8 Å². The van der Waals surface area contributed by atoms with Gasteiger partial charge in [0.05, 0.1) is 34.7 Å². The lowest BCUT2D eigenvalue weighted by atomic mass is 10.00. The fraction of sp³-hybridized carbons (Fsp3) is 0.333. The SMILES string of the molecule is Cn1c(C2CCCCN2C(=O)CC2NC(=O)c3ccccc3NC2=O)nc2ccccc21. The van der Waals surface area contributed by atoms with E-state index in [1.54, 1.807) is 24.3 Å². The Morgan fingerprint density at radius 3 is 2.72 bits per heavy atom. The van der Waals surface area contributed by atoms with Crippen LogP contribution in [0, 0.1) is 0 Å². The predicted molar refractivity (Wildman–Crippen MR) is 120 cm³/mol. The lowest BCUT2D eigenvalue weighted by Gasteiger charge is -2.36. The van der Waals surface area contributed by atoms with Gasteiger partial charge in [0.1, 0.15) is 11.9 Å². The molecule has 2 aliphatic rings. The summed E-state index contributed by atoms with van der Waals surface area (Å²) < 4.78 is 2.04. The summed E-state index contributed by atoms with van der Waals surface area (Å²) >= 11 is 0. The van der Waals surface area contributed by atoms with Crippen LogP contribution in [0.3, 0.4) is 0 Å². The second-order valence-electron chi connectivity index (χ2n) is 8.38. The van der Waals surface area contributed by atoms with Crippen LogP contribution in [0.4, 0.5) is 5.69 Å². The minimum atomic E-state index is -0.926. The van der Waals surface area contributed by atoms with Crippen molar-refractivity contribution in [3.8, 4) is 0 Å². The molecule has 1 saturated heterocycles. The van der Waals surface area contributed by atoms with Crippen molar-refractivity contribution in [3.05, 3.63) is 59.9 Å². The highest BCUT2D eigenvalue weighted by atomic mass is 16.2. The third-order valence-corrected chi connectivity index (χ3v) is 6.37. The van der Waals surface area contributed by atoms with Gasteiger partial charge in [-0.05, 0) is 43.5 Å². The Balaban J connectivity index is 1.38. The van der Waals surface area contributed by atoms with Crippen LogP contribution in [0.25, 0.3) is 11.0 Å². The third-order valence-electron chi connectivity index (χ3n) is 6.37. The van der Waals surface area contributed by atoms with Crippen LogP contribution in [0.1, 0.15) is 47.9 Å². The minimum Gasteiger partial charge on any atom is -0.340 e. The Kier molecular flexibility index (Phi) is 5.13. The van der Waals surface area contributed by atoms with E-state index in [0.717, 1.165) is 36.1 Å².